The first-order chi connectivity index (χ1) is 10.7. The summed E-state index contributed by atoms with van der Waals surface area (Å²) in [6.45, 7) is 5.81. The number of imidazole rings is 1. The van der Waals surface area contributed by atoms with Crippen LogP contribution in [0.15, 0.2) is 36.4 Å². The molecule has 0 unspecified atom stereocenters. The van der Waals surface area contributed by atoms with E-state index in [1.807, 2.05) is 19.3 Å². The van der Waals surface area contributed by atoms with E-state index in [2.05, 4.69) is 42.1 Å². The molecule has 0 aliphatic heterocycles. The van der Waals surface area contributed by atoms with Gasteiger partial charge in [0.2, 0.25) is 0 Å². The molecule has 0 aromatic carbocycles. The van der Waals surface area contributed by atoms with Crippen LogP contribution in [-0.4, -0.2) is 30.5 Å². The molecule has 0 spiro atoms. The third-order valence-electron chi connectivity index (χ3n) is 3.36. The topological polar surface area (TPSA) is 68.5 Å². The quantitative estimate of drug-likeness (QED) is 0.756. The molecule has 114 valence electrons. The molecule has 3 aromatic rings. The third kappa shape index (κ3) is 3.55. The molecular weight excluding hydrogens is 296 g/mol. The fourth-order valence-corrected chi connectivity index (χ4v) is 2.93. The maximum Gasteiger partial charge on any atom is 0.143 e. The molecular formula is C15H18N6S. The van der Waals surface area contributed by atoms with Crippen molar-refractivity contribution in [2.24, 2.45) is 0 Å². The van der Waals surface area contributed by atoms with Crippen molar-refractivity contribution in [2.45, 2.75) is 33.0 Å². The Morgan fingerprint density at radius 2 is 2.18 bits per heavy atom. The van der Waals surface area contributed by atoms with Crippen molar-refractivity contribution in [1.82, 2.24) is 29.8 Å². The minimum atomic E-state index is 0.342. The summed E-state index contributed by atoms with van der Waals surface area (Å²) in [5, 5.41) is 6.46. The summed E-state index contributed by atoms with van der Waals surface area (Å²) in [6.07, 6.45) is 8.92. The van der Waals surface area contributed by atoms with E-state index in [1.54, 1.807) is 29.9 Å². The fourth-order valence-electron chi connectivity index (χ4n) is 2.15. The van der Waals surface area contributed by atoms with Crippen LogP contribution in [0.25, 0.3) is 10.7 Å². The van der Waals surface area contributed by atoms with Gasteiger partial charge in [-0.3, -0.25) is 9.97 Å². The van der Waals surface area contributed by atoms with Crippen LogP contribution in [0.5, 0.6) is 0 Å². The number of nitrogens with zero attached hydrogens (tertiary/aromatic N) is 5. The Balaban J connectivity index is 1.56. The second kappa shape index (κ2) is 6.76. The van der Waals surface area contributed by atoms with Crippen molar-refractivity contribution in [2.75, 3.05) is 0 Å². The Labute approximate surface area is 133 Å². The van der Waals surface area contributed by atoms with Gasteiger partial charge < -0.3 is 9.88 Å². The van der Waals surface area contributed by atoms with Gasteiger partial charge in [-0.1, -0.05) is 0 Å². The van der Waals surface area contributed by atoms with Crippen LogP contribution in [-0.2, 0) is 13.1 Å². The summed E-state index contributed by atoms with van der Waals surface area (Å²) in [5.41, 5.74) is 1.85. The first kappa shape index (κ1) is 14.8. The molecule has 3 rings (SSSR count). The lowest BCUT2D eigenvalue weighted by molar-refractivity contribution is 0.468. The summed E-state index contributed by atoms with van der Waals surface area (Å²) in [7, 11) is 0. The van der Waals surface area contributed by atoms with Crippen molar-refractivity contribution in [1.29, 1.82) is 0 Å². The lowest BCUT2D eigenvalue weighted by Crippen LogP contribution is -2.30. The van der Waals surface area contributed by atoms with Gasteiger partial charge in [0.05, 0.1) is 11.9 Å². The second-order valence-electron chi connectivity index (χ2n) is 5.14. The van der Waals surface area contributed by atoms with E-state index in [1.165, 1.54) is 0 Å². The van der Waals surface area contributed by atoms with Crippen LogP contribution in [0.3, 0.4) is 0 Å². The lowest BCUT2D eigenvalue weighted by atomic mass is 10.3. The summed E-state index contributed by atoms with van der Waals surface area (Å²) in [5.74, 6) is 1.03. The van der Waals surface area contributed by atoms with E-state index in [0.29, 0.717) is 6.04 Å². The number of rotatable bonds is 6. The highest BCUT2D eigenvalue weighted by Gasteiger charge is 2.08. The molecule has 3 aromatic heterocycles. The average Bonchev–Trinajstić information content (AvgIpc) is 3.16. The predicted molar refractivity (Wildman–Crippen MR) is 86.4 cm³/mol. The first-order valence-corrected chi connectivity index (χ1v) is 8.02. The third-order valence-corrected chi connectivity index (χ3v) is 4.27. The van der Waals surface area contributed by atoms with Crippen LogP contribution in [0, 0.1) is 6.92 Å². The lowest BCUT2D eigenvalue weighted by Gasteiger charge is -2.14. The molecule has 22 heavy (non-hydrogen) atoms. The van der Waals surface area contributed by atoms with Crippen molar-refractivity contribution in [3.05, 3.63) is 47.9 Å². The van der Waals surface area contributed by atoms with Crippen LogP contribution >= 0.6 is 11.3 Å². The smallest absolute Gasteiger partial charge is 0.143 e. The number of aromatic nitrogens is 5. The van der Waals surface area contributed by atoms with Crippen molar-refractivity contribution in [3.63, 3.8) is 0 Å². The van der Waals surface area contributed by atoms with E-state index in [0.717, 1.165) is 35.3 Å². The van der Waals surface area contributed by atoms with Crippen LogP contribution < -0.4 is 5.32 Å². The van der Waals surface area contributed by atoms with E-state index in [-0.39, 0.29) is 0 Å². The van der Waals surface area contributed by atoms with Gasteiger partial charge in [0.1, 0.15) is 16.5 Å². The van der Waals surface area contributed by atoms with Gasteiger partial charge in [-0.05, 0) is 13.8 Å². The van der Waals surface area contributed by atoms with E-state index in [4.69, 9.17) is 0 Å². The minimum absolute atomic E-state index is 0.342. The summed E-state index contributed by atoms with van der Waals surface area (Å²) >= 11 is 1.59. The molecule has 0 aliphatic rings. The zero-order valence-electron chi connectivity index (χ0n) is 12.6. The number of thiazole rings is 1. The Hall–Kier alpha value is -2.12. The Morgan fingerprint density at radius 3 is 2.91 bits per heavy atom. The standard InChI is InChI=1S/C15H18N6S/c1-11(9-21-6-5-17-12(21)2)19-7-13-10-22-15(20-13)14-8-16-3-4-18-14/h3-6,8,10-11,19H,7,9H2,1-2H3/t11-/m1/s1. The monoisotopic (exact) mass is 314 g/mol. The van der Waals surface area contributed by atoms with Crippen LogP contribution in [0.1, 0.15) is 18.4 Å². The highest BCUT2D eigenvalue weighted by atomic mass is 32.1. The van der Waals surface area contributed by atoms with E-state index in [9.17, 15) is 0 Å². The van der Waals surface area contributed by atoms with Gasteiger partial charge in [-0.2, -0.15) is 0 Å². The molecule has 1 atom stereocenters. The summed E-state index contributed by atoms with van der Waals surface area (Å²) in [6, 6.07) is 0.342. The number of nitrogens with one attached hydrogen (secondary N) is 1. The maximum atomic E-state index is 4.60. The summed E-state index contributed by atoms with van der Waals surface area (Å²) < 4.78 is 2.14. The summed E-state index contributed by atoms with van der Waals surface area (Å²) in [4.78, 5) is 17.2. The van der Waals surface area contributed by atoms with Gasteiger partial charge >= 0.3 is 0 Å². The molecule has 0 fully saturated rings. The van der Waals surface area contributed by atoms with Crippen molar-refractivity contribution >= 4 is 11.3 Å². The second-order valence-corrected chi connectivity index (χ2v) is 6.00. The molecule has 3 heterocycles. The maximum absolute atomic E-state index is 4.60. The minimum Gasteiger partial charge on any atom is -0.334 e. The molecule has 0 saturated carbocycles. The Bertz CT molecular complexity index is 720. The zero-order chi connectivity index (χ0) is 15.4. The predicted octanol–water partition coefficient (Wildman–Crippen LogP) is 2.28. The van der Waals surface area contributed by atoms with Crippen LogP contribution in [0.2, 0.25) is 0 Å². The fraction of sp³-hybridized carbons (Fsp3) is 0.333. The molecule has 0 aliphatic carbocycles. The molecule has 0 radical (unpaired) electrons. The van der Waals surface area contributed by atoms with Crippen LogP contribution in [0.4, 0.5) is 0 Å². The van der Waals surface area contributed by atoms with E-state index >= 15 is 0 Å². The molecule has 0 amide bonds. The zero-order valence-corrected chi connectivity index (χ0v) is 13.4. The van der Waals surface area contributed by atoms with Gasteiger partial charge in [0.25, 0.3) is 0 Å². The first-order valence-electron chi connectivity index (χ1n) is 7.14. The van der Waals surface area contributed by atoms with Gasteiger partial charge in [-0.25, -0.2) is 9.97 Å². The van der Waals surface area contributed by atoms with Crippen molar-refractivity contribution < 1.29 is 0 Å². The highest BCUT2D eigenvalue weighted by molar-refractivity contribution is 7.13. The van der Waals surface area contributed by atoms with Crippen molar-refractivity contribution in [3.8, 4) is 10.7 Å². The SMILES string of the molecule is Cc1nccn1C[C@@H](C)NCc1csc(-c2cnccn2)n1. The number of hydrogen-bond donors (Lipinski definition) is 1. The Morgan fingerprint density at radius 1 is 1.27 bits per heavy atom. The van der Waals surface area contributed by atoms with Gasteiger partial charge in [0.15, 0.2) is 0 Å². The molecule has 0 bridgehead atoms. The molecule has 0 saturated heterocycles. The van der Waals surface area contributed by atoms with Gasteiger partial charge in [-0.15, -0.1) is 11.3 Å². The molecule has 7 heteroatoms. The number of hydrogen-bond acceptors (Lipinski definition) is 6. The highest BCUT2D eigenvalue weighted by Crippen LogP contribution is 2.20. The van der Waals surface area contributed by atoms with E-state index < -0.39 is 0 Å². The number of aryl methyl sites for hydroxylation is 1. The Kier molecular flexibility index (Phi) is 4.55. The largest absolute Gasteiger partial charge is 0.334 e. The molecule has 1 N–H and O–H groups in total. The normalized spacial score (nSPS) is 12.5. The molecule has 6 nitrogen and oxygen atoms in total. The van der Waals surface area contributed by atoms with Gasteiger partial charge in [0, 0.05) is 49.3 Å². The average molecular weight is 314 g/mol.